The van der Waals surface area contributed by atoms with Crippen molar-refractivity contribution in [1.82, 2.24) is 4.90 Å². The van der Waals surface area contributed by atoms with Crippen molar-refractivity contribution in [2.45, 2.75) is 25.8 Å². The van der Waals surface area contributed by atoms with Crippen LogP contribution in [0.25, 0.3) is 0 Å². The Labute approximate surface area is 121 Å². The molecule has 0 unspecified atom stereocenters. The Balaban J connectivity index is 2.14. The summed E-state index contributed by atoms with van der Waals surface area (Å²) in [4.78, 5) is 25.3. The Morgan fingerprint density at radius 2 is 2.15 bits per heavy atom. The largest absolute Gasteiger partial charge is 0.465 e. The van der Waals surface area contributed by atoms with E-state index >= 15 is 0 Å². The van der Waals surface area contributed by atoms with E-state index in [-0.39, 0.29) is 35.7 Å². The van der Waals surface area contributed by atoms with E-state index in [0.29, 0.717) is 0 Å². The molecular formula is C14H15ClFNO3. The average molecular weight is 300 g/mol. The number of ether oxygens (including phenoxy) is 1. The van der Waals surface area contributed by atoms with Gasteiger partial charge in [0.2, 0.25) is 0 Å². The van der Waals surface area contributed by atoms with Crippen LogP contribution in [0.2, 0.25) is 5.02 Å². The third-order valence-corrected chi connectivity index (χ3v) is 3.33. The van der Waals surface area contributed by atoms with Crippen molar-refractivity contribution in [1.29, 1.82) is 0 Å². The second-order valence-electron chi connectivity index (χ2n) is 4.60. The van der Waals surface area contributed by atoms with Gasteiger partial charge < -0.3 is 9.64 Å². The van der Waals surface area contributed by atoms with Gasteiger partial charge in [-0.05, 0) is 38.0 Å². The van der Waals surface area contributed by atoms with Crippen molar-refractivity contribution in [2.75, 3.05) is 13.2 Å². The number of carbonyl (C=O) groups is 2. The summed E-state index contributed by atoms with van der Waals surface area (Å²) in [7, 11) is 0. The van der Waals surface area contributed by atoms with E-state index in [1.165, 1.54) is 17.0 Å². The summed E-state index contributed by atoms with van der Waals surface area (Å²) in [6.07, 6.45) is 1.70. The van der Waals surface area contributed by atoms with Crippen LogP contribution in [0.15, 0.2) is 18.2 Å². The van der Waals surface area contributed by atoms with Gasteiger partial charge in [-0.3, -0.25) is 9.59 Å². The second kappa shape index (κ2) is 6.22. The molecule has 6 heteroatoms. The predicted molar refractivity (Wildman–Crippen MR) is 72.1 cm³/mol. The van der Waals surface area contributed by atoms with Crippen LogP contribution in [0.4, 0.5) is 4.39 Å². The van der Waals surface area contributed by atoms with Crippen molar-refractivity contribution in [3.63, 3.8) is 0 Å². The monoisotopic (exact) mass is 299 g/mol. The van der Waals surface area contributed by atoms with E-state index < -0.39 is 11.8 Å². The summed E-state index contributed by atoms with van der Waals surface area (Å²) < 4.78 is 18.3. The molecule has 1 saturated carbocycles. The average Bonchev–Trinajstić information content (AvgIpc) is 3.23. The summed E-state index contributed by atoms with van der Waals surface area (Å²) >= 11 is 5.59. The summed E-state index contributed by atoms with van der Waals surface area (Å²) in [5.74, 6) is -1.48. The van der Waals surface area contributed by atoms with Crippen LogP contribution in [-0.4, -0.2) is 36.0 Å². The molecule has 0 N–H and O–H groups in total. The fraction of sp³-hybridized carbons (Fsp3) is 0.429. The van der Waals surface area contributed by atoms with Crippen LogP contribution in [0.1, 0.15) is 30.1 Å². The Kier molecular flexibility index (Phi) is 4.60. The molecule has 1 amide bonds. The summed E-state index contributed by atoms with van der Waals surface area (Å²) in [6.45, 7) is 1.86. The van der Waals surface area contributed by atoms with E-state index in [1.54, 1.807) is 6.92 Å². The van der Waals surface area contributed by atoms with Gasteiger partial charge in [-0.2, -0.15) is 0 Å². The van der Waals surface area contributed by atoms with Gasteiger partial charge in [-0.25, -0.2) is 4.39 Å². The molecule has 1 aliphatic rings. The number of nitrogens with zero attached hydrogens (tertiary/aromatic N) is 1. The van der Waals surface area contributed by atoms with Gasteiger partial charge in [-0.15, -0.1) is 0 Å². The molecule has 1 aromatic rings. The summed E-state index contributed by atoms with van der Waals surface area (Å²) in [5, 5.41) is -0.0371. The first-order chi connectivity index (χ1) is 9.52. The van der Waals surface area contributed by atoms with Gasteiger partial charge in [0.15, 0.2) is 0 Å². The van der Waals surface area contributed by atoms with Crippen LogP contribution in [0.5, 0.6) is 0 Å². The minimum absolute atomic E-state index is 0.0330. The zero-order valence-corrected chi connectivity index (χ0v) is 11.8. The van der Waals surface area contributed by atoms with E-state index in [4.69, 9.17) is 16.3 Å². The molecule has 0 aliphatic heterocycles. The zero-order chi connectivity index (χ0) is 14.7. The van der Waals surface area contributed by atoms with Gasteiger partial charge in [0.05, 0.1) is 11.6 Å². The second-order valence-corrected chi connectivity index (χ2v) is 5.01. The van der Waals surface area contributed by atoms with Gasteiger partial charge in [0.1, 0.15) is 12.4 Å². The van der Waals surface area contributed by atoms with E-state index in [9.17, 15) is 14.0 Å². The maximum atomic E-state index is 13.4. The summed E-state index contributed by atoms with van der Waals surface area (Å²) in [6, 6.07) is 3.91. The first-order valence-electron chi connectivity index (χ1n) is 6.44. The van der Waals surface area contributed by atoms with Crippen molar-refractivity contribution < 1.29 is 18.7 Å². The molecule has 0 heterocycles. The number of hydrogen-bond acceptors (Lipinski definition) is 3. The van der Waals surface area contributed by atoms with E-state index in [2.05, 4.69) is 0 Å². The van der Waals surface area contributed by atoms with Crippen LogP contribution >= 0.6 is 11.6 Å². The molecule has 20 heavy (non-hydrogen) atoms. The Morgan fingerprint density at radius 1 is 1.45 bits per heavy atom. The van der Waals surface area contributed by atoms with Crippen molar-refractivity contribution in [2.24, 2.45) is 0 Å². The molecular weight excluding hydrogens is 285 g/mol. The highest BCUT2D eigenvalue weighted by molar-refractivity contribution is 6.30. The number of hydrogen-bond donors (Lipinski definition) is 0. The molecule has 1 aliphatic carbocycles. The van der Waals surface area contributed by atoms with Crippen LogP contribution in [-0.2, 0) is 9.53 Å². The van der Waals surface area contributed by atoms with E-state index in [0.717, 1.165) is 18.9 Å². The third kappa shape index (κ3) is 3.48. The van der Waals surface area contributed by atoms with Crippen LogP contribution in [0.3, 0.4) is 0 Å². The fourth-order valence-electron chi connectivity index (χ4n) is 1.89. The van der Waals surface area contributed by atoms with Crippen molar-refractivity contribution >= 4 is 23.5 Å². The number of carbonyl (C=O) groups excluding carboxylic acids is 2. The first kappa shape index (κ1) is 14.8. The number of esters is 1. The quantitative estimate of drug-likeness (QED) is 0.785. The maximum absolute atomic E-state index is 13.4. The lowest BCUT2D eigenvalue weighted by molar-refractivity contribution is -0.144. The zero-order valence-electron chi connectivity index (χ0n) is 11.1. The summed E-state index contributed by atoms with van der Waals surface area (Å²) in [5.41, 5.74) is 0.183. The van der Waals surface area contributed by atoms with Gasteiger partial charge >= 0.3 is 5.97 Å². The molecule has 1 fully saturated rings. The molecule has 0 spiro atoms. The molecule has 0 atom stereocenters. The lowest BCUT2D eigenvalue weighted by atomic mass is 10.2. The number of rotatable bonds is 5. The molecule has 4 nitrogen and oxygen atoms in total. The molecule has 0 saturated heterocycles. The maximum Gasteiger partial charge on any atom is 0.325 e. The van der Waals surface area contributed by atoms with Crippen LogP contribution < -0.4 is 0 Å². The standard InChI is InChI=1S/C14H15ClFNO3/c1-2-20-13(18)8-17(10-4-5-10)14(19)9-3-6-11(15)12(16)7-9/h3,6-7,10H,2,4-5,8H2,1H3. The molecule has 0 bridgehead atoms. The number of halogens is 2. The van der Waals surface area contributed by atoms with Crippen LogP contribution in [0, 0.1) is 5.82 Å². The smallest absolute Gasteiger partial charge is 0.325 e. The number of benzene rings is 1. The fourth-order valence-corrected chi connectivity index (χ4v) is 2.01. The Hall–Kier alpha value is -1.62. The normalized spacial score (nSPS) is 13.9. The molecule has 2 rings (SSSR count). The lowest BCUT2D eigenvalue weighted by Crippen LogP contribution is -2.38. The number of amides is 1. The highest BCUT2D eigenvalue weighted by Gasteiger charge is 2.34. The topological polar surface area (TPSA) is 46.6 Å². The highest BCUT2D eigenvalue weighted by Crippen LogP contribution is 2.28. The Bertz CT molecular complexity index is 531. The van der Waals surface area contributed by atoms with Gasteiger partial charge in [-0.1, -0.05) is 11.6 Å². The lowest BCUT2D eigenvalue weighted by Gasteiger charge is -2.21. The SMILES string of the molecule is CCOC(=O)CN(C(=O)c1ccc(Cl)c(F)c1)C1CC1. The van der Waals surface area contributed by atoms with Gasteiger partial charge in [0.25, 0.3) is 5.91 Å². The minimum atomic E-state index is -0.649. The molecule has 1 aromatic carbocycles. The molecule has 108 valence electrons. The first-order valence-corrected chi connectivity index (χ1v) is 6.82. The highest BCUT2D eigenvalue weighted by atomic mass is 35.5. The van der Waals surface area contributed by atoms with E-state index in [1.807, 2.05) is 0 Å². The van der Waals surface area contributed by atoms with Crippen molar-refractivity contribution in [3.8, 4) is 0 Å². The minimum Gasteiger partial charge on any atom is -0.465 e. The van der Waals surface area contributed by atoms with Gasteiger partial charge in [0, 0.05) is 11.6 Å². The third-order valence-electron chi connectivity index (χ3n) is 3.02. The van der Waals surface area contributed by atoms with Crippen molar-refractivity contribution in [3.05, 3.63) is 34.6 Å². The Morgan fingerprint density at radius 3 is 2.70 bits per heavy atom. The predicted octanol–water partition coefficient (Wildman–Crippen LogP) is 2.65. The molecule has 0 radical (unpaired) electrons. The molecule has 0 aromatic heterocycles.